The first-order valence-corrected chi connectivity index (χ1v) is 10.2. The Labute approximate surface area is 163 Å². The van der Waals surface area contributed by atoms with Gasteiger partial charge < -0.3 is 4.74 Å². The first-order chi connectivity index (χ1) is 12.2. The lowest BCUT2D eigenvalue weighted by Crippen LogP contribution is -2.32. The number of rotatable bonds is 6. The van der Waals surface area contributed by atoms with E-state index in [9.17, 15) is 13.2 Å². The number of hydrogen-bond donors (Lipinski definition) is 0. The summed E-state index contributed by atoms with van der Waals surface area (Å²) in [6, 6.07) is 9.12. The molecule has 0 aliphatic carbocycles. The van der Waals surface area contributed by atoms with Gasteiger partial charge in [0.05, 0.1) is 22.9 Å². The van der Waals surface area contributed by atoms with Crippen LogP contribution in [0.3, 0.4) is 0 Å². The van der Waals surface area contributed by atoms with Crippen molar-refractivity contribution in [2.75, 3.05) is 17.5 Å². The Morgan fingerprint density at radius 1 is 1.15 bits per heavy atom. The number of esters is 1. The molecule has 0 fully saturated rings. The molecular formula is C18H19Cl2NO4S. The second-order valence-corrected chi connectivity index (χ2v) is 8.09. The fraction of sp³-hybridized carbons (Fsp3) is 0.278. The van der Waals surface area contributed by atoms with Gasteiger partial charge in [0, 0.05) is 11.6 Å². The summed E-state index contributed by atoms with van der Waals surface area (Å²) in [6.07, 6.45) is 0. The minimum absolute atomic E-state index is 0.0760. The van der Waals surface area contributed by atoms with Gasteiger partial charge in [0.1, 0.15) is 4.90 Å². The van der Waals surface area contributed by atoms with Crippen molar-refractivity contribution in [3.63, 3.8) is 0 Å². The van der Waals surface area contributed by atoms with Crippen LogP contribution in [0.2, 0.25) is 10.0 Å². The van der Waals surface area contributed by atoms with E-state index >= 15 is 0 Å². The van der Waals surface area contributed by atoms with Gasteiger partial charge in [0.2, 0.25) is 0 Å². The van der Waals surface area contributed by atoms with E-state index in [1.807, 2.05) is 0 Å². The topological polar surface area (TPSA) is 63.7 Å². The van der Waals surface area contributed by atoms with Crippen LogP contribution in [0.25, 0.3) is 0 Å². The Kier molecular flexibility index (Phi) is 6.55. The number of hydrogen-bond acceptors (Lipinski definition) is 4. The summed E-state index contributed by atoms with van der Waals surface area (Å²) in [5.41, 5.74) is 1.21. The maximum atomic E-state index is 13.2. The summed E-state index contributed by atoms with van der Waals surface area (Å²) < 4.78 is 32.6. The zero-order valence-corrected chi connectivity index (χ0v) is 17.0. The molecule has 8 heteroatoms. The molecule has 26 heavy (non-hydrogen) atoms. The van der Waals surface area contributed by atoms with Crippen LogP contribution in [0.4, 0.5) is 5.69 Å². The van der Waals surface area contributed by atoms with E-state index in [1.54, 1.807) is 39.0 Å². The first kappa shape index (κ1) is 20.6. The molecule has 0 radical (unpaired) electrons. The van der Waals surface area contributed by atoms with Gasteiger partial charge in [-0.3, -0.25) is 4.31 Å². The highest BCUT2D eigenvalue weighted by atomic mass is 35.5. The number of benzene rings is 2. The van der Waals surface area contributed by atoms with Crippen LogP contribution in [0.1, 0.15) is 29.8 Å². The maximum Gasteiger partial charge on any atom is 0.338 e. The molecule has 0 heterocycles. The Balaban J connectivity index is 2.60. The van der Waals surface area contributed by atoms with Crippen LogP contribution in [-0.2, 0) is 14.8 Å². The largest absolute Gasteiger partial charge is 0.462 e. The molecule has 0 saturated heterocycles. The van der Waals surface area contributed by atoms with E-state index in [1.165, 1.54) is 22.5 Å². The number of carbonyl (C=O) groups is 1. The lowest BCUT2D eigenvalue weighted by molar-refractivity contribution is 0.0525. The highest BCUT2D eigenvalue weighted by Crippen LogP contribution is 2.33. The van der Waals surface area contributed by atoms with Crippen LogP contribution in [0.15, 0.2) is 41.3 Å². The Morgan fingerprint density at radius 2 is 1.85 bits per heavy atom. The Hall–Kier alpha value is -1.76. The zero-order chi connectivity index (χ0) is 19.5. The maximum absolute atomic E-state index is 13.2. The van der Waals surface area contributed by atoms with Crippen molar-refractivity contribution >= 4 is 44.9 Å². The summed E-state index contributed by atoms with van der Waals surface area (Å²) in [6.45, 7) is 5.47. The van der Waals surface area contributed by atoms with E-state index in [4.69, 9.17) is 27.9 Å². The summed E-state index contributed by atoms with van der Waals surface area (Å²) in [4.78, 5) is 12.0. The van der Waals surface area contributed by atoms with Gasteiger partial charge in [-0.25, -0.2) is 13.2 Å². The minimum Gasteiger partial charge on any atom is -0.462 e. The number of halogens is 2. The van der Waals surface area contributed by atoms with Gasteiger partial charge in [-0.15, -0.1) is 0 Å². The number of ether oxygens (including phenoxy) is 1. The molecule has 0 aliphatic rings. The SMILES string of the molecule is CCOC(=O)c1cccc(N(CC)S(=O)(=O)c2cc(Cl)ccc2Cl)c1C. The molecule has 0 spiro atoms. The molecule has 0 unspecified atom stereocenters. The number of sulfonamides is 1. The third-order valence-corrected chi connectivity index (χ3v) is 6.42. The third kappa shape index (κ3) is 3.98. The smallest absolute Gasteiger partial charge is 0.338 e. The molecule has 0 aliphatic heterocycles. The molecule has 0 N–H and O–H groups in total. The molecule has 2 aromatic rings. The lowest BCUT2D eigenvalue weighted by atomic mass is 10.1. The predicted octanol–water partition coefficient (Wildman–Crippen LogP) is 4.69. The number of nitrogens with zero attached hydrogens (tertiary/aromatic N) is 1. The normalized spacial score (nSPS) is 11.3. The predicted molar refractivity (Wildman–Crippen MR) is 104 cm³/mol. The third-order valence-electron chi connectivity index (χ3n) is 3.82. The van der Waals surface area contributed by atoms with Gasteiger partial charge >= 0.3 is 5.97 Å². The van der Waals surface area contributed by atoms with Crippen molar-refractivity contribution in [3.8, 4) is 0 Å². The standard InChI is InChI=1S/C18H19Cl2NO4S/c1-4-21(26(23,24)17-11-13(19)9-10-15(17)20)16-8-6-7-14(12(16)3)18(22)25-5-2/h6-11H,4-5H2,1-3H3. The molecular weight excluding hydrogens is 397 g/mol. The average Bonchev–Trinajstić information content (AvgIpc) is 2.59. The molecule has 0 amide bonds. The van der Waals surface area contributed by atoms with Crippen LogP contribution < -0.4 is 4.31 Å². The highest BCUT2D eigenvalue weighted by Gasteiger charge is 2.28. The molecule has 5 nitrogen and oxygen atoms in total. The zero-order valence-electron chi connectivity index (χ0n) is 14.6. The van der Waals surface area contributed by atoms with Crippen molar-refractivity contribution in [1.82, 2.24) is 0 Å². The van der Waals surface area contributed by atoms with E-state index in [0.29, 0.717) is 16.8 Å². The summed E-state index contributed by atoms with van der Waals surface area (Å²) in [5, 5.41) is 0.341. The van der Waals surface area contributed by atoms with Crippen molar-refractivity contribution in [3.05, 3.63) is 57.6 Å². The average molecular weight is 416 g/mol. The summed E-state index contributed by atoms with van der Waals surface area (Å²) >= 11 is 12.0. The molecule has 0 aromatic heterocycles. The number of carbonyl (C=O) groups excluding carboxylic acids is 1. The van der Waals surface area contributed by atoms with E-state index in [-0.39, 0.29) is 28.1 Å². The molecule has 0 atom stereocenters. The van der Waals surface area contributed by atoms with E-state index in [0.717, 1.165) is 0 Å². The lowest BCUT2D eigenvalue weighted by Gasteiger charge is -2.26. The van der Waals surface area contributed by atoms with Crippen molar-refractivity contribution in [2.24, 2.45) is 0 Å². The molecule has 0 bridgehead atoms. The molecule has 0 saturated carbocycles. The van der Waals surface area contributed by atoms with Gasteiger partial charge in [0.25, 0.3) is 10.0 Å². The van der Waals surface area contributed by atoms with Crippen molar-refractivity contribution in [1.29, 1.82) is 0 Å². The highest BCUT2D eigenvalue weighted by molar-refractivity contribution is 7.93. The van der Waals surface area contributed by atoms with Crippen molar-refractivity contribution < 1.29 is 17.9 Å². The van der Waals surface area contributed by atoms with Gasteiger partial charge in [-0.1, -0.05) is 29.3 Å². The molecule has 140 valence electrons. The summed E-state index contributed by atoms with van der Waals surface area (Å²) in [5.74, 6) is -0.499. The number of anilines is 1. The van der Waals surface area contributed by atoms with Crippen LogP contribution in [0.5, 0.6) is 0 Å². The Morgan fingerprint density at radius 3 is 2.46 bits per heavy atom. The first-order valence-electron chi connectivity index (χ1n) is 7.98. The van der Waals surface area contributed by atoms with E-state index in [2.05, 4.69) is 0 Å². The quantitative estimate of drug-likeness (QED) is 0.641. The molecule has 2 aromatic carbocycles. The molecule has 2 rings (SSSR count). The van der Waals surface area contributed by atoms with E-state index < -0.39 is 16.0 Å². The fourth-order valence-electron chi connectivity index (χ4n) is 2.59. The monoisotopic (exact) mass is 415 g/mol. The van der Waals surface area contributed by atoms with Crippen molar-refractivity contribution in [2.45, 2.75) is 25.7 Å². The van der Waals surface area contributed by atoms with Gasteiger partial charge in [-0.05, 0) is 56.7 Å². The van der Waals surface area contributed by atoms with Gasteiger partial charge in [0.15, 0.2) is 0 Å². The van der Waals surface area contributed by atoms with Gasteiger partial charge in [-0.2, -0.15) is 0 Å². The second-order valence-electron chi connectivity index (χ2n) is 5.41. The van der Waals surface area contributed by atoms with Crippen LogP contribution in [-0.4, -0.2) is 27.5 Å². The fourth-order valence-corrected chi connectivity index (χ4v) is 4.86. The summed E-state index contributed by atoms with van der Waals surface area (Å²) in [7, 11) is -3.97. The second kappa shape index (κ2) is 8.29. The van der Waals surface area contributed by atoms with Crippen LogP contribution in [0, 0.1) is 6.92 Å². The van der Waals surface area contributed by atoms with Crippen LogP contribution >= 0.6 is 23.2 Å². The Bertz CT molecular complexity index is 929. The minimum atomic E-state index is -3.97.